The number of para-hydroxylation sites is 1. The van der Waals surface area contributed by atoms with E-state index in [1.807, 2.05) is 0 Å². The minimum absolute atomic E-state index is 0.213. The van der Waals surface area contributed by atoms with Crippen molar-refractivity contribution in [2.45, 2.75) is 12.6 Å². The molecule has 4 N–H and O–H groups in total. The molecule has 5 nitrogen and oxygen atoms in total. The molecule has 0 aliphatic heterocycles. The van der Waals surface area contributed by atoms with Crippen molar-refractivity contribution in [3.8, 4) is 11.5 Å². The molecule has 0 aliphatic rings. The van der Waals surface area contributed by atoms with Crippen molar-refractivity contribution in [3.05, 3.63) is 83.4 Å². The molecular formula is C22H19F3N2O3. The fourth-order valence-electron chi connectivity index (χ4n) is 2.86. The predicted molar refractivity (Wildman–Crippen MR) is 107 cm³/mol. The summed E-state index contributed by atoms with van der Waals surface area (Å²) in [6.45, 7) is 0.265. The van der Waals surface area contributed by atoms with Crippen molar-refractivity contribution in [3.63, 3.8) is 0 Å². The molecule has 0 aromatic heterocycles. The maximum atomic E-state index is 12.9. The Balaban J connectivity index is 1.68. The molecule has 3 rings (SSSR count). The van der Waals surface area contributed by atoms with E-state index in [4.69, 9.17) is 0 Å². The number of phenols is 2. The van der Waals surface area contributed by atoms with E-state index in [9.17, 15) is 28.2 Å². The van der Waals surface area contributed by atoms with Crippen molar-refractivity contribution in [1.29, 1.82) is 0 Å². The lowest BCUT2D eigenvalue weighted by atomic mass is 10.1. The second-order valence-electron chi connectivity index (χ2n) is 6.58. The van der Waals surface area contributed by atoms with E-state index in [1.165, 1.54) is 24.3 Å². The van der Waals surface area contributed by atoms with E-state index in [2.05, 4.69) is 10.6 Å². The third-order valence-electron chi connectivity index (χ3n) is 4.38. The summed E-state index contributed by atoms with van der Waals surface area (Å²) in [6, 6.07) is 15.6. The number of amides is 1. The Morgan fingerprint density at radius 2 is 1.67 bits per heavy atom. The highest BCUT2D eigenvalue weighted by Crippen LogP contribution is 2.32. The third kappa shape index (κ3) is 5.22. The number of anilines is 2. The van der Waals surface area contributed by atoms with Crippen LogP contribution >= 0.6 is 0 Å². The number of hydrogen-bond donors (Lipinski definition) is 4. The highest BCUT2D eigenvalue weighted by Gasteiger charge is 2.30. The minimum Gasteiger partial charge on any atom is -0.504 e. The van der Waals surface area contributed by atoms with Gasteiger partial charge in [-0.3, -0.25) is 4.79 Å². The standard InChI is InChI=1S/C22H19F3N2O3/c23-22(24,25)15-4-3-5-16(13-15)27-18-7-2-1-6-17(18)21(30)26-11-10-14-8-9-19(28)20(29)12-14/h1-9,12-13,27-29H,10-11H2,(H,26,30). The van der Waals surface area contributed by atoms with Crippen molar-refractivity contribution < 1.29 is 28.2 Å². The molecule has 30 heavy (non-hydrogen) atoms. The zero-order chi connectivity index (χ0) is 21.7. The highest BCUT2D eigenvalue weighted by atomic mass is 19.4. The molecule has 8 heteroatoms. The second-order valence-corrected chi connectivity index (χ2v) is 6.58. The van der Waals surface area contributed by atoms with Gasteiger partial charge in [0.2, 0.25) is 0 Å². The number of nitrogens with one attached hydrogen (secondary N) is 2. The van der Waals surface area contributed by atoms with Crippen LogP contribution in [0.25, 0.3) is 0 Å². The molecule has 0 atom stereocenters. The molecule has 0 aliphatic carbocycles. The van der Waals surface area contributed by atoms with Crippen LogP contribution in [0, 0.1) is 0 Å². The Labute approximate surface area is 170 Å². The molecule has 0 heterocycles. The van der Waals surface area contributed by atoms with E-state index in [1.54, 1.807) is 30.3 Å². The van der Waals surface area contributed by atoms with Crippen LogP contribution in [-0.4, -0.2) is 22.7 Å². The Kier molecular flexibility index (Phi) is 6.15. The fraction of sp³-hybridized carbons (Fsp3) is 0.136. The minimum atomic E-state index is -4.46. The van der Waals surface area contributed by atoms with Crippen LogP contribution < -0.4 is 10.6 Å². The maximum Gasteiger partial charge on any atom is 0.416 e. The van der Waals surface area contributed by atoms with Crippen LogP contribution in [0.3, 0.4) is 0 Å². The summed E-state index contributed by atoms with van der Waals surface area (Å²) >= 11 is 0. The van der Waals surface area contributed by atoms with Gasteiger partial charge in [-0.1, -0.05) is 24.3 Å². The normalized spacial score (nSPS) is 11.2. The fourth-order valence-corrected chi connectivity index (χ4v) is 2.86. The predicted octanol–water partition coefficient (Wildman–Crippen LogP) is 4.83. The zero-order valence-electron chi connectivity index (χ0n) is 15.7. The van der Waals surface area contributed by atoms with Gasteiger partial charge in [-0.2, -0.15) is 13.2 Å². The summed E-state index contributed by atoms with van der Waals surface area (Å²) in [6.07, 6.45) is -4.04. The Morgan fingerprint density at radius 3 is 2.40 bits per heavy atom. The van der Waals surface area contributed by atoms with Gasteiger partial charge >= 0.3 is 6.18 Å². The zero-order valence-corrected chi connectivity index (χ0v) is 15.7. The van der Waals surface area contributed by atoms with Gasteiger partial charge < -0.3 is 20.8 Å². The maximum absolute atomic E-state index is 12.9. The van der Waals surface area contributed by atoms with Gasteiger partial charge in [0.05, 0.1) is 16.8 Å². The molecule has 1 amide bonds. The first kappa shape index (κ1) is 21.0. The molecule has 3 aromatic carbocycles. The molecule has 0 fully saturated rings. The van der Waals surface area contributed by atoms with Gasteiger partial charge in [-0.15, -0.1) is 0 Å². The second kappa shape index (κ2) is 8.77. The van der Waals surface area contributed by atoms with Crippen molar-refractivity contribution in [2.75, 3.05) is 11.9 Å². The monoisotopic (exact) mass is 416 g/mol. The summed E-state index contributed by atoms with van der Waals surface area (Å²) in [5.74, 6) is -0.861. The number of rotatable bonds is 6. The number of phenolic OH excluding ortho intramolecular Hbond substituents is 2. The lowest BCUT2D eigenvalue weighted by Gasteiger charge is -2.14. The summed E-state index contributed by atoms with van der Waals surface area (Å²) in [5.41, 5.74) is 0.803. The third-order valence-corrected chi connectivity index (χ3v) is 4.38. The Hall–Kier alpha value is -3.68. The lowest BCUT2D eigenvalue weighted by Crippen LogP contribution is -2.26. The molecular weight excluding hydrogens is 397 g/mol. The number of carbonyl (C=O) groups is 1. The number of hydrogen-bond acceptors (Lipinski definition) is 4. The lowest BCUT2D eigenvalue weighted by molar-refractivity contribution is -0.137. The van der Waals surface area contributed by atoms with Crippen molar-refractivity contribution in [1.82, 2.24) is 5.32 Å². The van der Waals surface area contributed by atoms with Crippen LogP contribution in [0.15, 0.2) is 66.7 Å². The first-order valence-electron chi connectivity index (χ1n) is 9.06. The number of benzene rings is 3. The quantitative estimate of drug-likeness (QED) is 0.434. The van der Waals surface area contributed by atoms with Gasteiger partial charge in [-0.05, 0) is 54.4 Å². The van der Waals surface area contributed by atoms with Gasteiger partial charge in [0, 0.05) is 12.2 Å². The van der Waals surface area contributed by atoms with Crippen molar-refractivity contribution >= 4 is 17.3 Å². The molecule has 3 aromatic rings. The average molecular weight is 416 g/mol. The van der Waals surface area contributed by atoms with Crippen LogP contribution in [0.4, 0.5) is 24.5 Å². The van der Waals surface area contributed by atoms with Crippen LogP contribution in [0.1, 0.15) is 21.5 Å². The highest BCUT2D eigenvalue weighted by molar-refractivity contribution is 6.00. The average Bonchev–Trinajstić information content (AvgIpc) is 2.70. The molecule has 0 spiro atoms. The number of halogens is 3. The number of alkyl halides is 3. The van der Waals surface area contributed by atoms with Crippen LogP contribution in [-0.2, 0) is 12.6 Å². The Bertz CT molecular complexity index is 1050. The van der Waals surface area contributed by atoms with E-state index in [-0.39, 0.29) is 29.3 Å². The topological polar surface area (TPSA) is 81.6 Å². The van der Waals surface area contributed by atoms with Gasteiger partial charge in [-0.25, -0.2) is 0 Å². The molecule has 0 radical (unpaired) electrons. The summed E-state index contributed by atoms with van der Waals surface area (Å²) in [4.78, 5) is 12.6. The molecule has 0 saturated heterocycles. The van der Waals surface area contributed by atoms with E-state index in [0.29, 0.717) is 12.1 Å². The molecule has 0 unspecified atom stereocenters. The first-order valence-corrected chi connectivity index (χ1v) is 9.06. The summed E-state index contributed by atoms with van der Waals surface area (Å²) in [7, 11) is 0. The number of aromatic hydroxyl groups is 2. The summed E-state index contributed by atoms with van der Waals surface area (Å²) in [5, 5.41) is 24.5. The largest absolute Gasteiger partial charge is 0.504 e. The van der Waals surface area contributed by atoms with Gasteiger partial charge in [0.25, 0.3) is 5.91 Å². The van der Waals surface area contributed by atoms with Gasteiger partial charge in [0.1, 0.15) is 0 Å². The van der Waals surface area contributed by atoms with Crippen molar-refractivity contribution in [2.24, 2.45) is 0 Å². The first-order chi connectivity index (χ1) is 14.2. The molecule has 156 valence electrons. The molecule has 0 bridgehead atoms. The Morgan fingerprint density at radius 1 is 0.900 bits per heavy atom. The SMILES string of the molecule is O=C(NCCc1ccc(O)c(O)c1)c1ccccc1Nc1cccc(C(F)(F)F)c1. The van der Waals surface area contributed by atoms with Crippen LogP contribution in [0.2, 0.25) is 0 Å². The van der Waals surface area contributed by atoms with E-state index in [0.717, 1.165) is 17.7 Å². The van der Waals surface area contributed by atoms with Crippen LogP contribution in [0.5, 0.6) is 11.5 Å². The number of carbonyl (C=O) groups excluding carboxylic acids is 1. The van der Waals surface area contributed by atoms with E-state index < -0.39 is 17.6 Å². The van der Waals surface area contributed by atoms with Gasteiger partial charge in [0.15, 0.2) is 11.5 Å². The summed E-state index contributed by atoms with van der Waals surface area (Å²) < 4.78 is 38.8. The smallest absolute Gasteiger partial charge is 0.416 e. The molecule has 0 saturated carbocycles. The van der Waals surface area contributed by atoms with E-state index >= 15 is 0 Å².